The van der Waals surface area contributed by atoms with Gasteiger partial charge in [-0.2, -0.15) is 5.10 Å². The van der Waals surface area contributed by atoms with Crippen molar-refractivity contribution in [1.29, 1.82) is 0 Å². The second-order valence-electron chi connectivity index (χ2n) is 6.75. The maximum absolute atomic E-state index is 12.9. The Morgan fingerprint density at radius 3 is 2.71 bits per heavy atom. The predicted molar refractivity (Wildman–Crippen MR) is 105 cm³/mol. The van der Waals surface area contributed by atoms with Gasteiger partial charge in [0.25, 0.3) is 5.91 Å². The lowest BCUT2D eigenvalue weighted by Gasteiger charge is -2.16. The lowest BCUT2D eigenvalue weighted by molar-refractivity contribution is 0.0750. The molecule has 0 aliphatic heterocycles. The van der Waals surface area contributed by atoms with E-state index >= 15 is 0 Å². The van der Waals surface area contributed by atoms with Crippen LogP contribution in [0.5, 0.6) is 0 Å². The minimum atomic E-state index is -0.595. The molecule has 3 rings (SSSR count). The first-order valence-corrected chi connectivity index (χ1v) is 9.42. The van der Waals surface area contributed by atoms with Gasteiger partial charge in [-0.3, -0.25) is 4.79 Å². The number of furan rings is 1. The molecule has 148 valence electrons. The van der Waals surface area contributed by atoms with E-state index < -0.39 is 6.09 Å². The molecule has 0 saturated heterocycles. The molecule has 7 nitrogen and oxygen atoms in total. The van der Waals surface area contributed by atoms with Crippen LogP contribution in [0.2, 0.25) is 0 Å². The summed E-state index contributed by atoms with van der Waals surface area (Å²) < 4.78 is 10.8. The Bertz CT molecular complexity index is 887. The molecule has 0 bridgehead atoms. The lowest BCUT2D eigenvalue weighted by atomic mass is 9.93. The number of nitrogens with zero attached hydrogens (tertiary/aromatic N) is 2. The minimum absolute atomic E-state index is 0.173. The average molecular weight is 383 g/mol. The fourth-order valence-corrected chi connectivity index (χ4v) is 3.36. The quantitative estimate of drug-likeness (QED) is 0.799. The van der Waals surface area contributed by atoms with Gasteiger partial charge in [0.15, 0.2) is 5.76 Å². The van der Waals surface area contributed by atoms with Crippen molar-refractivity contribution in [2.24, 2.45) is 5.10 Å². The molecular weight excluding hydrogens is 358 g/mol. The molecule has 0 spiro atoms. The Kier molecular flexibility index (Phi) is 6.13. The van der Waals surface area contributed by atoms with Crippen molar-refractivity contribution in [3.05, 3.63) is 58.5 Å². The van der Waals surface area contributed by atoms with Gasteiger partial charge in [-0.05, 0) is 32.3 Å². The van der Waals surface area contributed by atoms with Crippen LogP contribution in [0.4, 0.5) is 4.79 Å². The van der Waals surface area contributed by atoms with Crippen molar-refractivity contribution in [1.82, 2.24) is 10.3 Å². The standard InChI is InChI=1S/C21H25N3O4/c1-4-27-21(26)23-22-16-11-8-12-17-18(16)14(2)19(28-17)20(25)24(3)13-15-9-6-5-7-10-15/h5-7,9-10H,4,8,11-13H2,1-3H3,(H,23,26)/b22-16+. The van der Waals surface area contributed by atoms with Crippen LogP contribution >= 0.6 is 0 Å². The molecule has 1 aliphatic rings. The number of hydrazone groups is 1. The van der Waals surface area contributed by atoms with E-state index in [0.29, 0.717) is 24.4 Å². The Balaban J connectivity index is 1.82. The smallest absolute Gasteiger partial charge is 0.427 e. The van der Waals surface area contributed by atoms with Gasteiger partial charge in [0.05, 0.1) is 12.3 Å². The monoisotopic (exact) mass is 383 g/mol. The minimum Gasteiger partial charge on any atom is -0.455 e. The van der Waals surface area contributed by atoms with Crippen molar-refractivity contribution in [3.8, 4) is 0 Å². The molecule has 7 heteroatoms. The predicted octanol–water partition coefficient (Wildman–Crippen LogP) is 3.65. The van der Waals surface area contributed by atoms with E-state index in [1.54, 1.807) is 18.9 Å². The van der Waals surface area contributed by atoms with E-state index in [0.717, 1.165) is 35.3 Å². The highest BCUT2D eigenvalue weighted by Gasteiger charge is 2.29. The van der Waals surface area contributed by atoms with E-state index in [2.05, 4.69) is 10.5 Å². The van der Waals surface area contributed by atoms with E-state index in [4.69, 9.17) is 9.15 Å². The fourth-order valence-electron chi connectivity index (χ4n) is 3.36. The largest absolute Gasteiger partial charge is 0.455 e. The highest BCUT2D eigenvalue weighted by atomic mass is 16.5. The topological polar surface area (TPSA) is 84.1 Å². The van der Waals surface area contributed by atoms with Gasteiger partial charge in [0, 0.05) is 31.1 Å². The number of benzene rings is 1. The summed E-state index contributed by atoms with van der Waals surface area (Å²) >= 11 is 0. The molecule has 2 aromatic rings. The van der Waals surface area contributed by atoms with Gasteiger partial charge in [-0.25, -0.2) is 10.2 Å². The molecule has 2 amide bonds. The van der Waals surface area contributed by atoms with Crippen LogP contribution in [0.25, 0.3) is 0 Å². The Morgan fingerprint density at radius 2 is 2.00 bits per heavy atom. The summed E-state index contributed by atoms with van der Waals surface area (Å²) in [7, 11) is 1.76. The highest BCUT2D eigenvalue weighted by molar-refractivity contribution is 6.06. The van der Waals surface area contributed by atoms with Crippen LogP contribution in [0.15, 0.2) is 39.9 Å². The molecule has 0 atom stereocenters. The number of carbonyl (C=O) groups excluding carboxylic acids is 2. The van der Waals surface area contributed by atoms with Gasteiger partial charge in [0.2, 0.25) is 0 Å². The molecule has 0 unspecified atom stereocenters. The lowest BCUT2D eigenvalue weighted by Crippen LogP contribution is -2.26. The van der Waals surface area contributed by atoms with E-state index in [-0.39, 0.29) is 12.5 Å². The number of hydrogen-bond acceptors (Lipinski definition) is 5. The maximum atomic E-state index is 12.9. The van der Waals surface area contributed by atoms with Gasteiger partial charge in [0.1, 0.15) is 5.76 Å². The first kappa shape index (κ1) is 19.7. The third-order valence-electron chi connectivity index (χ3n) is 4.69. The molecule has 0 radical (unpaired) electrons. The molecule has 1 N–H and O–H groups in total. The van der Waals surface area contributed by atoms with Crippen molar-refractivity contribution >= 4 is 17.7 Å². The summed E-state index contributed by atoms with van der Waals surface area (Å²) in [6, 6.07) is 9.81. The zero-order chi connectivity index (χ0) is 20.1. The van der Waals surface area contributed by atoms with Crippen LogP contribution in [0.3, 0.4) is 0 Å². The third kappa shape index (κ3) is 4.24. The first-order valence-electron chi connectivity index (χ1n) is 9.42. The Hall–Kier alpha value is -3.09. The summed E-state index contributed by atoms with van der Waals surface area (Å²) in [6.07, 6.45) is 1.69. The average Bonchev–Trinajstić information content (AvgIpc) is 3.04. The number of aryl methyl sites for hydroxylation is 1. The van der Waals surface area contributed by atoms with Crippen molar-refractivity contribution in [2.45, 2.75) is 39.7 Å². The third-order valence-corrected chi connectivity index (χ3v) is 4.69. The van der Waals surface area contributed by atoms with Crippen LogP contribution in [-0.2, 0) is 17.7 Å². The number of fused-ring (bicyclic) bond motifs is 1. The van der Waals surface area contributed by atoms with Crippen molar-refractivity contribution in [2.75, 3.05) is 13.7 Å². The van der Waals surface area contributed by atoms with Gasteiger partial charge < -0.3 is 14.1 Å². The molecule has 1 aromatic heterocycles. The zero-order valence-electron chi connectivity index (χ0n) is 16.4. The number of carbonyl (C=O) groups is 2. The highest BCUT2D eigenvalue weighted by Crippen LogP contribution is 2.30. The van der Waals surface area contributed by atoms with Gasteiger partial charge in [-0.15, -0.1) is 0 Å². The van der Waals surface area contributed by atoms with Crippen molar-refractivity contribution in [3.63, 3.8) is 0 Å². The molecule has 1 aromatic carbocycles. The van der Waals surface area contributed by atoms with Crippen LogP contribution in [-0.4, -0.2) is 36.3 Å². The number of hydrogen-bond donors (Lipinski definition) is 1. The second-order valence-corrected chi connectivity index (χ2v) is 6.75. The second kappa shape index (κ2) is 8.73. The summed E-state index contributed by atoms with van der Waals surface area (Å²) in [4.78, 5) is 26.1. The number of ether oxygens (including phenoxy) is 1. The molecule has 0 saturated carbocycles. The summed E-state index contributed by atoms with van der Waals surface area (Å²) in [5.74, 6) is 0.896. The van der Waals surface area contributed by atoms with Crippen molar-refractivity contribution < 1.29 is 18.7 Å². The van der Waals surface area contributed by atoms with Gasteiger partial charge >= 0.3 is 6.09 Å². The van der Waals surface area contributed by atoms with Gasteiger partial charge in [-0.1, -0.05) is 30.3 Å². The number of rotatable bonds is 5. The van der Waals surface area contributed by atoms with E-state index in [9.17, 15) is 9.59 Å². The van der Waals surface area contributed by atoms with Crippen LogP contribution in [0, 0.1) is 6.92 Å². The zero-order valence-corrected chi connectivity index (χ0v) is 16.4. The normalized spacial score (nSPS) is 14.5. The van der Waals surface area contributed by atoms with E-state index in [1.165, 1.54) is 0 Å². The maximum Gasteiger partial charge on any atom is 0.427 e. The SMILES string of the molecule is CCOC(=O)N/N=C1\CCCc2oc(C(=O)N(C)Cc3ccccc3)c(C)c21. The Labute approximate surface area is 164 Å². The molecule has 28 heavy (non-hydrogen) atoms. The fraction of sp³-hybridized carbons (Fsp3) is 0.381. The summed E-state index contributed by atoms with van der Waals surface area (Å²) in [5.41, 5.74) is 5.74. The molecule has 0 fully saturated rings. The molecule has 1 heterocycles. The van der Waals surface area contributed by atoms with Crippen LogP contribution < -0.4 is 5.43 Å². The number of nitrogens with one attached hydrogen (secondary N) is 1. The van der Waals surface area contributed by atoms with E-state index in [1.807, 2.05) is 37.3 Å². The first-order chi connectivity index (χ1) is 13.5. The summed E-state index contributed by atoms with van der Waals surface area (Å²) in [6.45, 7) is 4.36. The van der Waals surface area contributed by atoms with Crippen LogP contribution in [0.1, 0.15) is 52.8 Å². The number of amides is 2. The molecular formula is C21H25N3O4. The Morgan fingerprint density at radius 1 is 1.25 bits per heavy atom. The molecule has 1 aliphatic carbocycles. The summed E-state index contributed by atoms with van der Waals surface area (Å²) in [5, 5.41) is 4.20.